The van der Waals surface area contributed by atoms with E-state index in [4.69, 9.17) is 4.42 Å². The number of halogens is 6. The van der Waals surface area contributed by atoms with Crippen molar-refractivity contribution in [1.82, 2.24) is 5.32 Å². The van der Waals surface area contributed by atoms with Gasteiger partial charge in [-0.2, -0.15) is 26.3 Å². The molecule has 0 aliphatic carbocycles. The first kappa shape index (κ1) is 15.9. The quantitative estimate of drug-likeness (QED) is 0.854. The van der Waals surface area contributed by atoms with Crippen LogP contribution in [0, 0.1) is 19.8 Å². The molecule has 1 N–H and O–H groups in total. The fourth-order valence-electron chi connectivity index (χ4n) is 2.02. The summed E-state index contributed by atoms with van der Waals surface area (Å²) in [7, 11) is 1.05. The summed E-state index contributed by atoms with van der Waals surface area (Å²) in [6, 6.07) is -0.751. The molecule has 0 aliphatic heterocycles. The van der Waals surface area contributed by atoms with Crippen LogP contribution in [0.3, 0.4) is 0 Å². The van der Waals surface area contributed by atoms with E-state index in [0.717, 1.165) is 7.05 Å². The molecular weight excluding hydrogens is 276 g/mol. The first-order valence-corrected chi connectivity index (χ1v) is 5.36. The van der Waals surface area contributed by atoms with E-state index in [1.54, 1.807) is 0 Å². The topological polar surface area (TPSA) is 25.2 Å². The second kappa shape index (κ2) is 5.07. The monoisotopic (exact) mass is 289 g/mol. The maximum Gasteiger partial charge on any atom is 0.402 e. The van der Waals surface area contributed by atoms with Crippen LogP contribution >= 0.6 is 0 Å². The van der Waals surface area contributed by atoms with E-state index in [9.17, 15) is 26.3 Å². The lowest BCUT2D eigenvalue weighted by molar-refractivity contribution is -0.292. The Balaban J connectivity index is 3.29. The Morgan fingerprint density at radius 1 is 1.05 bits per heavy atom. The van der Waals surface area contributed by atoms with Crippen molar-refractivity contribution in [3.63, 3.8) is 0 Å². The Bertz CT molecular complexity index is 419. The van der Waals surface area contributed by atoms with E-state index < -0.39 is 24.3 Å². The number of aryl methyl sites for hydroxylation is 2. The van der Waals surface area contributed by atoms with Crippen molar-refractivity contribution in [3.05, 3.63) is 23.2 Å². The fourth-order valence-corrected chi connectivity index (χ4v) is 2.02. The first-order chi connectivity index (χ1) is 8.48. The highest BCUT2D eigenvalue weighted by atomic mass is 19.4. The Morgan fingerprint density at radius 3 is 1.79 bits per heavy atom. The van der Waals surface area contributed by atoms with E-state index in [0.29, 0.717) is 0 Å². The highest BCUT2D eigenvalue weighted by Gasteiger charge is 2.60. The molecule has 1 rings (SSSR count). The molecule has 8 heteroatoms. The molecule has 0 fully saturated rings. The molecule has 2 nitrogen and oxygen atoms in total. The van der Waals surface area contributed by atoms with Gasteiger partial charge in [0.15, 0.2) is 5.92 Å². The van der Waals surface area contributed by atoms with Crippen LogP contribution in [0.15, 0.2) is 10.5 Å². The van der Waals surface area contributed by atoms with Gasteiger partial charge in [-0.3, -0.25) is 0 Å². The number of hydrogen-bond donors (Lipinski definition) is 1. The Kier molecular flexibility index (Phi) is 4.23. The predicted molar refractivity (Wildman–Crippen MR) is 55.6 cm³/mol. The number of alkyl halides is 6. The molecular formula is C11H13F6NO. The molecule has 1 heterocycles. The Hall–Kier alpha value is -1.18. The molecule has 19 heavy (non-hydrogen) atoms. The summed E-state index contributed by atoms with van der Waals surface area (Å²) in [5.74, 6) is -3.19. The zero-order valence-electron chi connectivity index (χ0n) is 10.4. The third-order valence-corrected chi connectivity index (χ3v) is 2.76. The lowest BCUT2D eigenvalue weighted by atomic mass is 9.92. The van der Waals surface area contributed by atoms with Gasteiger partial charge in [0, 0.05) is 5.56 Å². The molecule has 1 aromatic heterocycles. The van der Waals surface area contributed by atoms with Crippen LogP contribution in [0.2, 0.25) is 0 Å². The van der Waals surface area contributed by atoms with E-state index in [2.05, 4.69) is 5.32 Å². The van der Waals surface area contributed by atoms with Crippen LogP contribution in [0.25, 0.3) is 0 Å². The Morgan fingerprint density at radius 2 is 1.53 bits per heavy atom. The average Bonchev–Trinajstić information content (AvgIpc) is 2.49. The summed E-state index contributed by atoms with van der Waals surface area (Å²) >= 11 is 0. The van der Waals surface area contributed by atoms with Crippen molar-refractivity contribution < 1.29 is 30.8 Å². The second-order valence-corrected chi connectivity index (χ2v) is 4.20. The predicted octanol–water partition coefficient (Wildman–Crippen LogP) is 3.90. The molecule has 0 spiro atoms. The summed E-state index contributed by atoms with van der Waals surface area (Å²) < 4.78 is 81.1. The van der Waals surface area contributed by atoms with Gasteiger partial charge in [-0.05, 0) is 27.0 Å². The third-order valence-electron chi connectivity index (χ3n) is 2.76. The van der Waals surface area contributed by atoms with Gasteiger partial charge in [0.25, 0.3) is 0 Å². The average molecular weight is 289 g/mol. The van der Waals surface area contributed by atoms with Crippen molar-refractivity contribution in [2.45, 2.75) is 32.2 Å². The molecule has 1 atom stereocenters. The molecule has 0 radical (unpaired) electrons. The van der Waals surface area contributed by atoms with Gasteiger partial charge in [0.1, 0.15) is 11.5 Å². The zero-order valence-corrected chi connectivity index (χ0v) is 10.4. The minimum Gasteiger partial charge on any atom is -0.466 e. The van der Waals surface area contributed by atoms with Crippen LogP contribution in [-0.2, 0) is 0 Å². The summed E-state index contributed by atoms with van der Waals surface area (Å²) in [4.78, 5) is 0. The van der Waals surface area contributed by atoms with Gasteiger partial charge in [0.05, 0.1) is 6.04 Å². The molecule has 0 aliphatic rings. The van der Waals surface area contributed by atoms with Crippen molar-refractivity contribution >= 4 is 0 Å². The molecule has 0 saturated heterocycles. The minimum atomic E-state index is -5.40. The number of hydrogen-bond acceptors (Lipinski definition) is 2. The molecule has 1 unspecified atom stereocenters. The summed E-state index contributed by atoms with van der Waals surface area (Å²) in [5, 5.41) is 2.09. The van der Waals surface area contributed by atoms with Gasteiger partial charge in [-0.15, -0.1) is 0 Å². The summed E-state index contributed by atoms with van der Waals surface area (Å²) in [6.45, 7) is 2.79. The van der Waals surface area contributed by atoms with E-state index in [-0.39, 0.29) is 17.1 Å². The summed E-state index contributed by atoms with van der Waals surface area (Å²) in [5.41, 5.74) is -0.139. The second-order valence-electron chi connectivity index (χ2n) is 4.20. The zero-order chi connectivity index (χ0) is 15.0. The van der Waals surface area contributed by atoms with Crippen molar-refractivity contribution in [2.75, 3.05) is 7.05 Å². The van der Waals surface area contributed by atoms with Gasteiger partial charge in [0.2, 0.25) is 0 Å². The molecule has 0 amide bonds. The van der Waals surface area contributed by atoms with Gasteiger partial charge >= 0.3 is 12.4 Å². The third kappa shape index (κ3) is 3.43. The van der Waals surface area contributed by atoms with Gasteiger partial charge < -0.3 is 9.73 Å². The fraction of sp³-hybridized carbons (Fsp3) is 0.636. The maximum absolute atomic E-state index is 12.7. The molecule has 0 bridgehead atoms. The van der Waals surface area contributed by atoms with Crippen LogP contribution in [0.4, 0.5) is 26.3 Å². The van der Waals surface area contributed by atoms with Crippen molar-refractivity contribution in [2.24, 2.45) is 5.92 Å². The van der Waals surface area contributed by atoms with E-state index in [1.165, 1.54) is 19.9 Å². The largest absolute Gasteiger partial charge is 0.466 e. The Labute approximate surface area is 105 Å². The van der Waals surface area contributed by atoms with Gasteiger partial charge in [-0.1, -0.05) is 0 Å². The van der Waals surface area contributed by atoms with Crippen LogP contribution in [0.5, 0.6) is 0 Å². The highest BCUT2D eigenvalue weighted by molar-refractivity contribution is 5.25. The molecule has 1 aromatic rings. The summed E-state index contributed by atoms with van der Waals surface area (Å²) in [6.07, 6.45) is -10.8. The molecule has 0 aromatic carbocycles. The molecule has 0 saturated carbocycles. The first-order valence-electron chi connectivity index (χ1n) is 5.36. The number of rotatable bonds is 3. The van der Waals surface area contributed by atoms with Gasteiger partial charge in [-0.25, -0.2) is 0 Å². The van der Waals surface area contributed by atoms with Crippen LogP contribution in [-0.4, -0.2) is 19.4 Å². The number of nitrogens with one attached hydrogen (secondary N) is 1. The lowest BCUT2D eigenvalue weighted by Crippen LogP contribution is -2.45. The SMILES string of the molecule is CNC(c1cc(C)oc1C)C(C(F)(F)F)C(F)(F)F. The standard InChI is InChI=1S/C11H13F6NO/c1-5-4-7(6(2)19-5)8(18-3)9(10(12,13)14)11(15,16)17/h4,8-9,18H,1-3H3. The molecule has 110 valence electrons. The van der Waals surface area contributed by atoms with Crippen molar-refractivity contribution in [1.29, 1.82) is 0 Å². The normalized spacial score (nSPS) is 15.1. The minimum absolute atomic E-state index is 0.0374. The highest BCUT2D eigenvalue weighted by Crippen LogP contribution is 2.47. The van der Waals surface area contributed by atoms with Crippen molar-refractivity contribution in [3.8, 4) is 0 Å². The lowest BCUT2D eigenvalue weighted by Gasteiger charge is -2.30. The van der Waals surface area contributed by atoms with E-state index >= 15 is 0 Å². The number of furan rings is 1. The smallest absolute Gasteiger partial charge is 0.402 e. The van der Waals surface area contributed by atoms with E-state index in [1.807, 2.05) is 0 Å². The van der Waals surface area contributed by atoms with Crippen LogP contribution < -0.4 is 5.32 Å². The maximum atomic E-state index is 12.7. The van der Waals surface area contributed by atoms with Crippen LogP contribution in [0.1, 0.15) is 23.1 Å².